The van der Waals surface area contributed by atoms with Crippen LogP contribution in [0.25, 0.3) is 38.5 Å². The molecule has 0 aliphatic carbocycles. The Morgan fingerprint density at radius 2 is 1.85 bits per heavy atom. The second-order valence-electron chi connectivity index (χ2n) is 12.2. The van der Waals surface area contributed by atoms with Crippen molar-refractivity contribution in [1.29, 1.82) is 0 Å². The van der Waals surface area contributed by atoms with Crippen LogP contribution < -0.4 is 15.5 Å². The third-order valence-corrected chi connectivity index (χ3v) is 9.19. The Kier molecular flexibility index (Phi) is 7.78. The van der Waals surface area contributed by atoms with Crippen molar-refractivity contribution in [3.05, 3.63) is 100 Å². The van der Waals surface area contributed by atoms with Crippen molar-refractivity contribution in [3.8, 4) is 17.2 Å². The lowest BCUT2D eigenvalue weighted by molar-refractivity contribution is 0.0378. The number of benzene rings is 3. The first-order chi connectivity index (χ1) is 23.5. The number of pyridine rings is 2. The van der Waals surface area contributed by atoms with E-state index in [9.17, 15) is 9.59 Å². The molecule has 1 saturated heterocycles. The molecule has 1 amide bonds. The maximum atomic E-state index is 16.0. The molecular formula is C37H34FN5O5. The summed E-state index contributed by atoms with van der Waals surface area (Å²) >= 11 is 0. The monoisotopic (exact) mass is 647 g/mol. The Morgan fingerprint density at radius 3 is 2.69 bits per heavy atom. The van der Waals surface area contributed by atoms with E-state index in [-0.39, 0.29) is 22.4 Å². The Balaban J connectivity index is 1.21. The molecule has 1 N–H and O–H groups in total. The highest BCUT2D eigenvalue weighted by atomic mass is 19.1. The van der Waals surface area contributed by atoms with Gasteiger partial charge in [-0.05, 0) is 43.3 Å². The summed E-state index contributed by atoms with van der Waals surface area (Å²) in [6.45, 7) is 4.86. The highest BCUT2D eigenvalue weighted by molar-refractivity contribution is 6.07. The number of nitrogens with zero attached hydrogens (tertiary/aromatic N) is 4. The van der Waals surface area contributed by atoms with Gasteiger partial charge in [0.25, 0.3) is 5.91 Å². The van der Waals surface area contributed by atoms with Crippen molar-refractivity contribution in [2.24, 2.45) is 0 Å². The molecule has 8 rings (SSSR count). The lowest BCUT2D eigenvalue weighted by Crippen LogP contribution is -2.37. The maximum absolute atomic E-state index is 16.0. The van der Waals surface area contributed by atoms with E-state index in [1.165, 1.54) is 11.0 Å². The summed E-state index contributed by atoms with van der Waals surface area (Å²) in [6, 6.07) is 18.3. The van der Waals surface area contributed by atoms with Crippen molar-refractivity contribution in [1.82, 2.24) is 19.4 Å². The zero-order valence-electron chi connectivity index (χ0n) is 26.5. The number of anilines is 1. The van der Waals surface area contributed by atoms with Crippen LogP contribution in [-0.4, -0.2) is 78.2 Å². The highest BCUT2D eigenvalue weighted by Crippen LogP contribution is 2.47. The Bertz CT molecular complexity index is 2240. The van der Waals surface area contributed by atoms with Crippen molar-refractivity contribution < 1.29 is 23.1 Å². The molecule has 0 bridgehead atoms. The number of hydrogen-bond acceptors (Lipinski definition) is 8. The zero-order valence-corrected chi connectivity index (χ0v) is 26.5. The summed E-state index contributed by atoms with van der Waals surface area (Å²) in [5.74, 6) is -0.434. The van der Waals surface area contributed by atoms with Gasteiger partial charge in [0.1, 0.15) is 27.9 Å². The number of para-hydroxylation sites is 1. The maximum Gasteiger partial charge on any atom is 0.259 e. The number of halogens is 1. The van der Waals surface area contributed by atoms with E-state index in [0.29, 0.717) is 55.3 Å². The van der Waals surface area contributed by atoms with E-state index in [1.807, 2.05) is 54.6 Å². The fourth-order valence-electron chi connectivity index (χ4n) is 6.63. The number of ether oxygens (including phenoxy) is 2. The van der Waals surface area contributed by atoms with Crippen molar-refractivity contribution >= 4 is 44.4 Å². The molecule has 0 spiro atoms. The standard InChI is InChI=1S/C37H34FN5O5/c1-41(14-10-23-7-4-5-11-39-23)37(45)27-22-43-29-21-31-25(24-8-2-3-9-30(24)47-31)20-32(29)48-36-33(28(38)19-26(34(36)43)35(27)44)40-12-6-13-42-15-17-46-18-16-42/h2-5,7-9,11,19-22,40H,6,10,12-18H2,1H3. The number of morpholine rings is 1. The fraction of sp³-hybridized carbons (Fsp3) is 0.270. The van der Waals surface area contributed by atoms with Gasteiger partial charge in [-0.25, -0.2) is 4.39 Å². The number of aromatic nitrogens is 2. The van der Waals surface area contributed by atoms with Gasteiger partial charge in [0.05, 0.1) is 24.3 Å². The molecule has 244 valence electrons. The molecule has 0 atom stereocenters. The molecule has 2 aliphatic rings. The minimum atomic E-state index is -0.626. The van der Waals surface area contributed by atoms with Crippen LogP contribution in [0.3, 0.4) is 0 Å². The zero-order chi connectivity index (χ0) is 32.8. The number of likely N-dealkylation sites (N-methyl/N-ethyl adjacent to an activating group) is 1. The van der Waals surface area contributed by atoms with E-state index < -0.39 is 17.2 Å². The van der Waals surface area contributed by atoms with Gasteiger partial charge in [0.15, 0.2) is 17.3 Å². The average molecular weight is 648 g/mol. The van der Waals surface area contributed by atoms with Gasteiger partial charge in [-0.3, -0.25) is 19.5 Å². The third-order valence-electron chi connectivity index (χ3n) is 9.19. The molecule has 48 heavy (non-hydrogen) atoms. The molecular weight excluding hydrogens is 613 g/mol. The van der Waals surface area contributed by atoms with Gasteiger partial charge in [-0.2, -0.15) is 0 Å². The number of carbonyl (C=O) groups is 1. The highest BCUT2D eigenvalue weighted by Gasteiger charge is 2.30. The summed E-state index contributed by atoms with van der Waals surface area (Å²) < 4.78 is 35.9. The molecule has 10 nitrogen and oxygen atoms in total. The minimum absolute atomic E-state index is 0.0562. The van der Waals surface area contributed by atoms with Gasteiger partial charge in [0, 0.05) is 74.6 Å². The predicted molar refractivity (Wildman–Crippen MR) is 182 cm³/mol. The van der Waals surface area contributed by atoms with Gasteiger partial charge < -0.3 is 28.7 Å². The largest absolute Gasteiger partial charge is 0.456 e. The molecule has 0 saturated carbocycles. The van der Waals surface area contributed by atoms with Gasteiger partial charge in [-0.15, -0.1) is 0 Å². The summed E-state index contributed by atoms with van der Waals surface area (Å²) in [5, 5.41) is 5.07. The van der Waals surface area contributed by atoms with Crippen LogP contribution in [0, 0.1) is 5.82 Å². The Labute approximate surface area is 275 Å². The summed E-state index contributed by atoms with van der Waals surface area (Å²) in [4.78, 5) is 36.0. The molecule has 0 radical (unpaired) electrons. The van der Waals surface area contributed by atoms with Gasteiger partial charge in [-0.1, -0.05) is 24.3 Å². The van der Waals surface area contributed by atoms with E-state index >= 15 is 4.39 Å². The molecule has 3 aromatic carbocycles. The van der Waals surface area contributed by atoms with Crippen LogP contribution in [0.4, 0.5) is 10.1 Å². The fourth-order valence-corrected chi connectivity index (χ4v) is 6.63. The van der Waals surface area contributed by atoms with Crippen molar-refractivity contribution in [2.75, 3.05) is 58.3 Å². The first kappa shape index (κ1) is 30.1. The van der Waals surface area contributed by atoms with Crippen LogP contribution in [0.1, 0.15) is 22.5 Å². The molecule has 5 heterocycles. The summed E-state index contributed by atoms with van der Waals surface area (Å²) in [5.41, 5.74) is 2.68. The second kappa shape index (κ2) is 12.4. The molecule has 0 unspecified atom stereocenters. The Morgan fingerprint density at radius 1 is 1.02 bits per heavy atom. The van der Waals surface area contributed by atoms with E-state index in [0.717, 1.165) is 48.1 Å². The molecule has 2 aliphatic heterocycles. The number of hydrogen-bond donors (Lipinski definition) is 1. The molecule has 6 aromatic rings. The second-order valence-corrected chi connectivity index (χ2v) is 12.2. The predicted octanol–water partition coefficient (Wildman–Crippen LogP) is 5.98. The van der Waals surface area contributed by atoms with E-state index in [1.54, 1.807) is 24.0 Å². The quantitative estimate of drug-likeness (QED) is 0.191. The van der Waals surface area contributed by atoms with Crippen LogP contribution in [0.15, 0.2) is 82.3 Å². The lowest BCUT2D eigenvalue weighted by Gasteiger charge is -2.28. The van der Waals surface area contributed by atoms with Crippen molar-refractivity contribution in [3.63, 3.8) is 0 Å². The summed E-state index contributed by atoms with van der Waals surface area (Å²) in [7, 11) is 1.65. The van der Waals surface area contributed by atoms with Crippen molar-refractivity contribution in [2.45, 2.75) is 12.8 Å². The van der Waals surface area contributed by atoms with Crippen LogP contribution in [0.5, 0.6) is 11.5 Å². The third kappa shape index (κ3) is 5.34. The summed E-state index contributed by atoms with van der Waals surface area (Å²) in [6.07, 6.45) is 4.55. The van der Waals surface area contributed by atoms with E-state index in [4.69, 9.17) is 13.9 Å². The van der Waals surface area contributed by atoms with E-state index in [2.05, 4.69) is 15.2 Å². The van der Waals surface area contributed by atoms with Crippen LogP contribution >= 0.6 is 0 Å². The number of furan rings is 1. The number of fused-ring (bicyclic) bond motifs is 5. The number of rotatable bonds is 9. The molecule has 1 fully saturated rings. The van der Waals surface area contributed by atoms with Gasteiger partial charge in [0.2, 0.25) is 5.43 Å². The minimum Gasteiger partial charge on any atom is -0.456 e. The topological polar surface area (TPSA) is 102 Å². The van der Waals surface area contributed by atoms with Gasteiger partial charge >= 0.3 is 0 Å². The van der Waals surface area contributed by atoms with Crippen LogP contribution in [0.2, 0.25) is 0 Å². The number of amides is 1. The molecule has 3 aromatic heterocycles. The lowest BCUT2D eigenvalue weighted by atomic mass is 10.0. The smallest absolute Gasteiger partial charge is 0.259 e. The molecule has 11 heteroatoms. The number of nitrogens with one attached hydrogen (secondary N) is 1. The normalized spacial score (nSPS) is 14.3. The Hall–Kier alpha value is -5.26. The first-order valence-corrected chi connectivity index (χ1v) is 16.2. The van der Waals surface area contributed by atoms with Crippen LogP contribution in [-0.2, 0) is 11.2 Å². The first-order valence-electron chi connectivity index (χ1n) is 16.2. The number of carbonyl (C=O) groups excluding carboxylic acids is 1. The average Bonchev–Trinajstić information content (AvgIpc) is 3.48. The SMILES string of the molecule is CN(CCc1ccccn1)C(=O)c1cn2c3c(c(NCCCN4CCOCC4)c(F)cc3c1=O)Oc1cc3c(cc1-2)oc1ccccc13.